The Kier molecular flexibility index (Phi) is 35.0. The lowest BCUT2D eigenvalue weighted by Crippen LogP contribution is -2.52. The van der Waals surface area contributed by atoms with Crippen LogP contribution in [0.1, 0.15) is 247 Å². The molecule has 0 saturated carbocycles. The van der Waals surface area contributed by atoms with Crippen molar-refractivity contribution in [1.82, 2.24) is 19.6 Å². The second-order valence-electron chi connectivity index (χ2n) is 19.5. The summed E-state index contributed by atoms with van der Waals surface area (Å²) in [5.74, 6) is 0.631. The number of carbonyl (C=O) groups excluding carboxylic acids is 2. The first kappa shape index (κ1) is 54.9. The molecule has 6 heteroatoms. The quantitative estimate of drug-likeness (QED) is 0.0579. The summed E-state index contributed by atoms with van der Waals surface area (Å²) in [6.45, 7) is 17.2. The molecule has 0 aromatic heterocycles. The Morgan fingerprint density at radius 1 is 0.339 bits per heavy atom. The Bertz CT molecular complexity index is 829. The van der Waals surface area contributed by atoms with Crippen molar-refractivity contribution in [3.05, 3.63) is 0 Å². The summed E-state index contributed by atoms with van der Waals surface area (Å²) in [5.41, 5.74) is -0.519. The minimum absolute atomic E-state index is 0.259. The van der Waals surface area contributed by atoms with Crippen LogP contribution in [0.2, 0.25) is 0 Å². The van der Waals surface area contributed by atoms with Gasteiger partial charge in [-0.2, -0.15) is 0 Å². The maximum Gasteiger partial charge on any atom is 0.223 e. The largest absolute Gasteiger partial charge is 0.338 e. The van der Waals surface area contributed by atoms with Crippen LogP contribution in [-0.2, 0) is 9.59 Å². The predicted molar refractivity (Wildman–Crippen MR) is 248 cm³/mol. The van der Waals surface area contributed by atoms with E-state index in [1.807, 2.05) is 0 Å². The van der Waals surface area contributed by atoms with E-state index in [1.165, 1.54) is 141 Å². The van der Waals surface area contributed by atoms with Gasteiger partial charge in [-0.05, 0) is 108 Å². The van der Waals surface area contributed by atoms with E-state index in [-0.39, 0.29) is 11.1 Å². The Labute approximate surface area is 352 Å². The van der Waals surface area contributed by atoms with Crippen LogP contribution in [0.3, 0.4) is 0 Å². The van der Waals surface area contributed by atoms with E-state index in [0.717, 1.165) is 77.5 Å². The van der Waals surface area contributed by atoms with Crippen LogP contribution >= 0.6 is 0 Å². The van der Waals surface area contributed by atoms with Gasteiger partial charge in [-0.25, -0.2) is 0 Å². The van der Waals surface area contributed by atoms with Crippen molar-refractivity contribution in [2.45, 2.75) is 258 Å². The summed E-state index contributed by atoms with van der Waals surface area (Å²) < 4.78 is 0. The molecule has 0 rings (SSSR count). The molecule has 0 aliphatic rings. The van der Waals surface area contributed by atoms with Crippen LogP contribution < -0.4 is 0 Å². The van der Waals surface area contributed by atoms with Crippen molar-refractivity contribution in [3.8, 4) is 0 Å². The third kappa shape index (κ3) is 30.9. The average Bonchev–Trinajstić information content (AvgIpc) is 3.14. The van der Waals surface area contributed by atoms with Crippen molar-refractivity contribution in [1.29, 1.82) is 0 Å². The third-order valence-corrected chi connectivity index (χ3v) is 12.4. The van der Waals surface area contributed by atoms with Gasteiger partial charge in [0.15, 0.2) is 0 Å². The lowest BCUT2D eigenvalue weighted by atomic mass is 9.86. The van der Waals surface area contributed by atoms with Crippen LogP contribution in [0.25, 0.3) is 0 Å². The first-order valence-electron chi connectivity index (χ1n) is 24.7. The maximum atomic E-state index is 13.9. The molecule has 0 bridgehead atoms. The van der Waals surface area contributed by atoms with E-state index in [0.29, 0.717) is 24.7 Å². The number of nitrogens with zero attached hydrogens (tertiary/aromatic N) is 4. The van der Waals surface area contributed by atoms with E-state index in [2.05, 4.69) is 89.3 Å². The van der Waals surface area contributed by atoms with Crippen LogP contribution in [0.4, 0.5) is 0 Å². The summed E-state index contributed by atoms with van der Waals surface area (Å²) in [7, 11) is 8.47. The van der Waals surface area contributed by atoms with Crippen LogP contribution in [-0.4, -0.2) is 96.9 Å². The minimum Gasteiger partial charge on any atom is -0.338 e. The fraction of sp³-hybridized carbons (Fsp3) is 0.960. The highest BCUT2D eigenvalue weighted by molar-refractivity contribution is 5.77. The molecule has 0 aliphatic carbocycles. The van der Waals surface area contributed by atoms with Gasteiger partial charge in [-0.15, -0.1) is 0 Å². The van der Waals surface area contributed by atoms with Gasteiger partial charge in [0.1, 0.15) is 0 Å². The Balaban J connectivity index is 5.01. The second kappa shape index (κ2) is 35.8. The summed E-state index contributed by atoms with van der Waals surface area (Å²) in [6.07, 6.45) is 39.4. The molecule has 0 radical (unpaired) electrons. The van der Waals surface area contributed by atoms with Gasteiger partial charge in [-0.1, -0.05) is 168 Å². The Morgan fingerprint density at radius 3 is 0.804 bits per heavy atom. The van der Waals surface area contributed by atoms with E-state index in [4.69, 9.17) is 0 Å². The normalized spacial score (nSPS) is 12.3. The number of amides is 2. The number of hydrogen-bond donors (Lipinski definition) is 0. The summed E-state index contributed by atoms with van der Waals surface area (Å²) >= 11 is 0. The van der Waals surface area contributed by atoms with Gasteiger partial charge >= 0.3 is 0 Å². The van der Waals surface area contributed by atoms with Crippen molar-refractivity contribution in [2.75, 3.05) is 54.4 Å². The molecule has 0 atom stereocenters. The molecule has 0 saturated heterocycles. The van der Waals surface area contributed by atoms with Gasteiger partial charge in [0.2, 0.25) is 11.8 Å². The van der Waals surface area contributed by atoms with Crippen molar-refractivity contribution in [3.63, 3.8) is 0 Å². The van der Waals surface area contributed by atoms with Crippen LogP contribution in [0, 0.1) is 0 Å². The van der Waals surface area contributed by atoms with Crippen molar-refractivity contribution in [2.24, 2.45) is 0 Å². The lowest BCUT2D eigenvalue weighted by molar-refractivity contribution is -0.140. The first-order chi connectivity index (χ1) is 26.8. The van der Waals surface area contributed by atoms with Crippen LogP contribution in [0.5, 0.6) is 0 Å². The van der Waals surface area contributed by atoms with E-state index >= 15 is 0 Å². The fourth-order valence-corrected chi connectivity index (χ4v) is 8.36. The number of rotatable bonds is 41. The molecule has 0 aromatic rings. The molecular formula is C50H102N4O2. The topological polar surface area (TPSA) is 47.1 Å². The van der Waals surface area contributed by atoms with Crippen molar-refractivity contribution < 1.29 is 9.59 Å². The van der Waals surface area contributed by atoms with Gasteiger partial charge in [0.25, 0.3) is 0 Å². The highest BCUT2D eigenvalue weighted by Crippen LogP contribution is 2.31. The summed E-state index contributed by atoms with van der Waals surface area (Å²) in [4.78, 5) is 36.6. The molecule has 0 unspecified atom stereocenters. The third-order valence-electron chi connectivity index (χ3n) is 12.4. The zero-order chi connectivity index (χ0) is 41.9. The molecule has 0 spiro atoms. The Morgan fingerprint density at radius 2 is 0.571 bits per heavy atom. The number of hydrogen-bond acceptors (Lipinski definition) is 4. The Hall–Kier alpha value is -1.14. The van der Waals surface area contributed by atoms with E-state index < -0.39 is 0 Å². The zero-order valence-corrected chi connectivity index (χ0v) is 40.1. The second-order valence-corrected chi connectivity index (χ2v) is 19.5. The molecule has 56 heavy (non-hydrogen) atoms. The minimum atomic E-state index is -0.259. The number of unbranched alkanes of at least 4 members (excludes halogenated alkanes) is 24. The predicted octanol–water partition coefficient (Wildman–Crippen LogP) is 13.8. The van der Waals surface area contributed by atoms with E-state index in [9.17, 15) is 9.59 Å². The molecule has 6 nitrogen and oxygen atoms in total. The molecule has 334 valence electrons. The molecule has 2 amide bonds. The molecule has 0 aromatic carbocycles. The van der Waals surface area contributed by atoms with Gasteiger partial charge < -0.3 is 19.6 Å². The maximum absolute atomic E-state index is 13.9. The standard InChI is InChI=1S/C50H102N4O2/c1-11-13-15-17-19-21-23-25-27-29-31-33-35-39-47(55)53(45-37-43-51(7)8)49(3,4)41-42-50(5,6)54(46-38-44-52(9)10)48(56)40-36-34-32-30-28-26-24-22-20-18-16-14-12-2/h11-46H2,1-10H3. The summed E-state index contributed by atoms with van der Waals surface area (Å²) in [6, 6.07) is 0. The SMILES string of the molecule is CCCCCCCCCCCCCCCC(=O)N(CCCN(C)C)C(C)(C)CCC(C)(C)N(CCCN(C)C)C(=O)CCCCCCCCCCCCCCC. The van der Waals surface area contributed by atoms with Crippen LogP contribution in [0.15, 0.2) is 0 Å². The van der Waals surface area contributed by atoms with Gasteiger partial charge in [-0.3, -0.25) is 9.59 Å². The van der Waals surface area contributed by atoms with Gasteiger partial charge in [0, 0.05) is 37.0 Å². The number of carbonyl (C=O) groups is 2. The molecule has 0 N–H and O–H groups in total. The highest BCUT2D eigenvalue weighted by Gasteiger charge is 2.36. The molecule has 0 heterocycles. The highest BCUT2D eigenvalue weighted by atomic mass is 16.2. The molecular weight excluding hydrogens is 689 g/mol. The molecule has 0 aliphatic heterocycles. The molecule has 0 fully saturated rings. The lowest BCUT2D eigenvalue weighted by Gasteiger charge is -2.44. The van der Waals surface area contributed by atoms with Gasteiger partial charge in [0.05, 0.1) is 0 Å². The zero-order valence-electron chi connectivity index (χ0n) is 40.1. The average molecular weight is 791 g/mol. The first-order valence-corrected chi connectivity index (χ1v) is 24.7. The monoisotopic (exact) mass is 791 g/mol. The summed E-state index contributed by atoms with van der Waals surface area (Å²) in [5, 5.41) is 0. The smallest absolute Gasteiger partial charge is 0.223 e. The van der Waals surface area contributed by atoms with E-state index in [1.54, 1.807) is 0 Å². The fourth-order valence-electron chi connectivity index (χ4n) is 8.36. The van der Waals surface area contributed by atoms with Crippen molar-refractivity contribution >= 4 is 11.8 Å².